The number of Topliss-reactive ketones (excluding diaryl/α,β-unsaturated/α-hetero) is 1. The molecule has 1 saturated carbocycles. The lowest BCUT2D eigenvalue weighted by Crippen LogP contribution is -2.53. The van der Waals surface area contributed by atoms with Crippen LogP contribution in [0.5, 0.6) is 0 Å². The Morgan fingerprint density at radius 3 is 2.62 bits per heavy atom. The number of hydrogen-bond acceptors (Lipinski definition) is 4. The van der Waals surface area contributed by atoms with E-state index >= 15 is 0 Å². The zero-order valence-electron chi connectivity index (χ0n) is 13.6. The predicted molar refractivity (Wildman–Crippen MR) is 87.3 cm³/mol. The molecule has 3 rings (SSSR count). The van der Waals surface area contributed by atoms with Crippen LogP contribution in [-0.2, 0) is 25.7 Å². The second-order valence-electron chi connectivity index (χ2n) is 6.36. The smallest absolute Gasteiger partial charge is 0.378 e. The van der Waals surface area contributed by atoms with Crippen molar-refractivity contribution < 1.29 is 31.1 Å². The predicted octanol–water partition coefficient (Wildman–Crippen LogP) is 3.12. The summed E-state index contributed by atoms with van der Waals surface area (Å²) in [5.41, 5.74) is -1.31. The highest BCUT2D eigenvalue weighted by molar-refractivity contribution is 7.89. The third-order valence-electron chi connectivity index (χ3n) is 4.76. The fourth-order valence-corrected chi connectivity index (χ4v) is 5.54. The van der Waals surface area contributed by atoms with E-state index < -0.39 is 38.6 Å². The number of nitrogens with zero attached hydrogens (tertiary/aromatic N) is 1. The van der Waals surface area contributed by atoms with Crippen molar-refractivity contribution in [3.05, 3.63) is 28.8 Å². The second-order valence-corrected chi connectivity index (χ2v) is 8.66. The maximum atomic E-state index is 13.4. The van der Waals surface area contributed by atoms with Gasteiger partial charge in [0.15, 0.2) is 0 Å². The lowest BCUT2D eigenvalue weighted by molar-refractivity contribution is -0.140. The standard InChI is InChI=1S/C16H17ClF3NO4S/c17-10-4-5-15(12(8-10)16(18,19)20)26(23,24)21-6-7-25-9-13(21)11-2-1-3-14(11)22/h4-5,8,11,13H,1-3,6-7,9H2/t11-,13+/m1/s1. The first-order chi connectivity index (χ1) is 12.1. The van der Waals surface area contributed by atoms with Crippen molar-refractivity contribution in [2.45, 2.75) is 36.4 Å². The third kappa shape index (κ3) is 3.62. The van der Waals surface area contributed by atoms with E-state index in [1.165, 1.54) is 0 Å². The van der Waals surface area contributed by atoms with Crippen LogP contribution in [0.4, 0.5) is 13.2 Å². The van der Waals surface area contributed by atoms with Gasteiger partial charge < -0.3 is 4.74 Å². The van der Waals surface area contributed by atoms with Crippen LogP contribution in [0.15, 0.2) is 23.1 Å². The van der Waals surface area contributed by atoms with Gasteiger partial charge in [-0.1, -0.05) is 11.6 Å². The molecule has 2 fully saturated rings. The number of alkyl halides is 3. The Morgan fingerprint density at radius 2 is 2.00 bits per heavy atom. The molecule has 5 nitrogen and oxygen atoms in total. The van der Waals surface area contributed by atoms with E-state index in [1.54, 1.807) is 0 Å². The van der Waals surface area contributed by atoms with Gasteiger partial charge in [-0.05, 0) is 31.0 Å². The van der Waals surface area contributed by atoms with Crippen LogP contribution in [0.25, 0.3) is 0 Å². The van der Waals surface area contributed by atoms with Crippen molar-refractivity contribution in [3.8, 4) is 0 Å². The molecule has 1 saturated heterocycles. The molecule has 0 unspecified atom stereocenters. The van der Waals surface area contributed by atoms with Gasteiger partial charge in [0.1, 0.15) is 5.78 Å². The minimum atomic E-state index is -4.88. The summed E-state index contributed by atoms with van der Waals surface area (Å²) < 4.78 is 72.5. The van der Waals surface area contributed by atoms with Crippen molar-refractivity contribution in [1.29, 1.82) is 0 Å². The Kier molecular flexibility index (Phi) is 5.35. The first kappa shape index (κ1) is 19.6. The number of carbonyl (C=O) groups excluding carboxylic acids is 1. The molecule has 0 radical (unpaired) electrons. The van der Waals surface area contributed by atoms with Crippen molar-refractivity contribution in [3.63, 3.8) is 0 Å². The quantitative estimate of drug-likeness (QED) is 0.766. The number of hydrogen-bond donors (Lipinski definition) is 0. The molecule has 26 heavy (non-hydrogen) atoms. The summed E-state index contributed by atoms with van der Waals surface area (Å²) in [6.07, 6.45) is -3.38. The average molecular weight is 412 g/mol. The summed E-state index contributed by atoms with van der Waals surface area (Å²) in [5.74, 6) is -0.625. The summed E-state index contributed by atoms with van der Waals surface area (Å²) in [4.78, 5) is 11.2. The average Bonchev–Trinajstić information content (AvgIpc) is 2.99. The Hall–Kier alpha value is -1.16. The number of benzene rings is 1. The van der Waals surface area contributed by atoms with Gasteiger partial charge in [-0.3, -0.25) is 4.79 Å². The maximum Gasteiger partial charge on any atom is 0.417 e. The molecule has 1 aromatic rings. The number of sulfonamides is 1. The molecule has 2 atom stereocenters. The highest BCUT2D eigenvalue weighted by Gasteiger charge is 2.45. The van der Waals surface area contributed by atoms with Gasteiger partial charge in [-0.15, -0.1) is 0 Å². The SMILES string of the molecule is O=C1CCC[C@@H]1[C@@H]1COCCN1S(=O)(=O)c1ccc(Cl)cc1C(F)(F)F. The minimum Gasteiger partial charge on any atom is -0.378 e. The molecular formula is C16H17ClF3NO4S. The molecule has 2 aliphatic rings. The number of carbonyl (C=O) groups is 1. The van der Waals surface area contributed by atoms with Gasteiger partial charge in [0.25, 0.3) is 0 Å². The van der Waals surface area contributed by atoms with E-state index in [0.717, 1.165) is 16.4 Å². The van der Waals surface area contributed by atoms with E-state index in [-0.39, 0.29) is 30.6 Å². The highest BCUT2D eigenvalue weighted by Crippen LogP contribution is 2.39. The molecule has 0 bridgehead atoms. The molecule has 10 heteroatoms. The van der Waals surface area contributed by atoms with Crippen molar-refractivity contribution >= 4 is 27.4 Å². The minimum absolute atomic E-state index is 0.00935. The third-order valence-corrected chi connectivity index (χ3v) is 6.98. The molecule has 144 valence electrons. The van der Waals surface area contributed by atoms with Crippen molar-refractivity contribution in [1.82, 2.24) is 4.31 Å². The van der Waals surface area contributed by atoms with E-state index in [0.29, 0.717) is 25.3 Å². The molecule has 0 aromatic heterocycles. The Labute approximate surface area is 154 Å². The lowest BCUT2D eigenvalue weighted by Gasteiger charge is -2.37. The van der Waals surface area contributed by atoms with Crippen molar-refractivity contribution in [2.75, 3.05) is 19.8 Å². The highest BCUT2D eigenvalue weighted by atomic mass is 35.5. The van der Waals surface area contributed by atoms with Crippen LogP contribution >= 0.6 is 11.6 Å². The van der Waals surface area contributed by atoms with Crippen LogP contribution in [0.1, 0.15) is 24.8 Å². The van der Waals surface area contributed by atoms with Crippen LogP contribution in [-0.4, -0.2) is 44.3 Å². The number of ether oxygens (including phenoxy) is 1. The first-order valence-electron chi connectivity index (χ1n) is 8.11. The Balaban J connectivity index is 2.05. The van der Waals surface area contributed by atoms with Gasteiger partial charge in [0.2, 0.25) is 10.0 Å². The molecule has 1 heterocycles. The van der Waals surface area contributed by atoms with E-state index in [1.807, 2.05) is 0 Å². The van der Waals surface area contributed by atoms with Gasteiger partial charge >= 0.3 is 6.18 Å². The first-order valence-corrected chi connectivity index (χ1v) is 9.93. The second kappa shape index (κ2) is 7.10. The topological polar surface area (TPSA) is 63.7 Å². The van der Waals surface area contributed by atoms with Gasteiger partial charge in [-0.2, -0.15) is 17.5 Å². The monoisotopic (exact) mass is 411 g/mol. The number of halogens is 4. The fourth-order valence-electron chi connectivity index (χ4n) is 3.55. The summed E-state index contributed by atoms with van der Waals surface area (Å²) in [7, 11) is -4.48. The number of rotatable bonds is 3. The van der Waals surface area contributed by atoms with Gasteiger partial charge in [0, 0.05) is 23.9 Å². The Bertz CT molecular complexity index is 812. The van der Waals surface area contributed by atoms with Crippen molar-refractivity contribution in [2.24, 2.45) is 5.92 Å². The maximum absolute atomic E-state index is 13.4. The van der Waals surface area contributed by atoms with Gasteiger partial charge in [0.05, 0.1) is 29.7 Å². The van der Waals surface area contributed by atoms with E-state index in [4.69, 9.17) is 16.3 Å². The van der Waals surface area contributed by atoms with Crippen LogP contribution < -0.4 is 0 Å². The molecule has 1 aromatic carbocycles. The van der Waals surface area contributed by atoms with E-state index in [2.05, 4.69) is 0 Å². The van der Waals surface area contributed by atoms with Crippen LogP contribution in [0, 0.1) is 5.92 Å². The molecule has 1 aliphatic carbocycles. The number of ketones is 1. The molecule has 0 spiro atoms. The molecular weight excluding hydrogens is 395 g/mol. The zero-order valence-corrected chi connectivity index (χ0v) is 15.2. The summed E-state index contributed by atoms with van der Waals surface area (Å²) >= 11 is 5.64. The molecule has 1 aliphatic heterocycles. The molecule has 0 N–H and O–H groups in total. The molecule has 0 amide bonds. The van der Waals surface area contributed by atoms with Gasteiger partial charge in [-0.25, -0.2) is 8.42 Å². The lowest BCUT2D eigenvalue weighted by atomic mass is 9.97. The fraction of sp³-hybridized carbons (Fsp3) is 0.562. The van der Waals surface area contributed by atoms with E-state index in [9.17, 15) is 26.4 Å². The summed E-state index contributed by atoms with van der Waals surface area (Å²) in [5, 5.41) is -0.208. The largest absolute Gasteiger partial charge is 0.417 e. The summed E-state index contributed by atoms with van der Waals surface area (Å²) in [6, 6.07) is 1.79. The zero-order chi connectivity index (χ0) is 19.1. The van der Waals surface area contributed by atoms with Crippen LogP contribution in [0.3, 0.4) is 0 Å². The normalized spacial score (nSPS) is 25.6. The summed E-state index contributed by atoms with van der Waals surface area (Å²) in [6.45, 7) is -0.0487. The number of morpholine rings is 1. The Morgan fingerprint density at radius 1 is 1.27 bits per heavy atom. The van der Waals surface area contributed by atoms with Crippen LogP contribution in [0.2, 0.25) is 5.02 Å².